The third-order valence-corrected chi connectivity index (χ3v) is 14.5. The summed E-state index contributed by atoms with van der Waals surface area (Å²) in [5.41, 5.74) is -0.0993. The molecule has 0 spiro atoms. The summed E-state index contributed by atoms with van der Waals surface area (Å²) in [6.45, 7) is 14.7. The van der Waals surface area contributed by atoms with Crippen LogP contribution in [0.3, 0.4) is 0 Å². The number of sulfonamides is 1. The van der Waals surface area contributed by atoms with Gasteiger partial charge in [0.25, 0.3) is 10.0 Å². The summed E-state index contributed by atoms with van der Waals surface area (Å²) in [6, 6.07) is 11.5. The third kappa shape index (κ3) is 7.23. The molecule has 0 aromatic heterocycles. The lowest BCUT2D eigenvalue weighted by atomic mass is 9.91. The molecule has 0 bridgehead atoms. The number of ether oxygens (including phenoxy) is 1. The SMILES string of the molecule is CC1(C)OC(C[C@@H](CCO[Si](C)(C)C(C)(C)C)c2cc(Cl)ccc2F)=NS(=O)(=O)C1c1ccc(Br)cc1. The van der Waals surface area contributed by atoms with Crippen LogP contribution in [-0.4, -0.2) is 34.8 Å². The van der Waals surface area contributed by atoms with E-state index in [1.165, 1.54) is 12.1 Å². The van der Waals surface area contributed by atoms with Gasteiger partial charge in [-0.25, -0.2) is 12.8 Å². The van der Waals surface area contributed by atoms with Crippen molar-refractivity contribution in [1.82, 2.24) is 0 Å². The standard InChI is InChI=1S/C27H36BrClFNO4SSi/c1-26(2,3)37(6,7)34-15-14-19(22-17-21(29)12-13-23(22)30)16-24-31-36(32,33)25(27(4,5)35-24)18-8-10-20(28)11-9-18/h8-13,17,19,25H,14-16H2,1-7H3/t19-,25?/m1/s1. The molecule has 0 N–H and O–H groups in total. The Labute approximate surface area is 235 Å². The highest BCUT2D eigenvalue weighted by molar-refractivity contribution is 9.10. The lowest BCUT2D eigenvalue weighted by Gasteiger charge is -2.38. The van der Waals surface area contributed by atoms with E-state index in [4.69, 9.17) is 20.8 Å². The van der Waals surface area contributed by atoms with Gasteiger partial charge in [-0.3, -0.25) is 0 Å². The molecule has 0 saturated carbocycles. The molecule has 10 heteroatoms. The van der Waals surface area contributed by atoms with Gasteiger partial charge in [-0.1, -0.05) is 60.4 Å². The van der Waals surface area contributed by atoms with Crippen molar-refractivity contribution in [2.24, 2.45) is 4.40 Å². The Morgan fingerprint density at radius 3 is 2.38 bits per heavy atom. The lowest BCUT2D eigenvalue weighted by Crippen LogP contribution is -2.43. The van der Waals surface area contributed by atoms with E-state index >= 15 is 0 Å². The van der Waals surface area contributed by atoms with Crippen molar-refractivity contribution < 1.29 is 22.0 Å². The predicted octanol–water partition coefficient (Wildman–Crippen LogP) is 8.41. The van der Waals surface area contributed by atoms with Crippen LogP contribution in [0.4, 0.5) is 4.39 Å². The Morgan fingerprint density at radius 1 is 1.19 bits per heavy atom. The molecule has 2 aromatic carbocycles. The quantitative estimate of drug-likeness (QED) is 0.274. The Bertz CT molecular complexity index is 1260. The van der Waals surface area contributed by atoms with E-state index in [0.29, 0.717) is 29.2 Å². The highest BCUT2D eigenvalue weighted by Crippen LogP contribution is 2.43. The Hall–Kier alpha value is -1.26. The van der Waals surface area contributed by atoms with E-state index in [9.17, 15) is 12.8 Å². The zero-order chi connectivity index (χ0) is 27.8. The first-order valence-electron chi connectivity index (χ1n) is 12.3. The molecule has 1 unspecified atom stereocenters. The van der Waals surface area contributed by atoms with Gasteiger partial charge in [0.15, 0.2) is 8.32 Å². The Kier molecular flexibility index (Phi) is 9.07. The third-order valence-electron chi connectivity index (χ3n) is 7.27. The molecule has 3 rings (SSSR count). The maximum absolute atomic E-state index is 15.0. The van der Waals surface area contributed by atoms with E-state index in [1.807, 2.05) is 0 Å². The van der Waals surface area contributed by atoms with Crippen LogP contribution in [0.1, 0.15) is 69.8 Å². The zero-order valence-electron chi connectivity index (χ0n) is 22.4. The molecule has 2 aromatic rings. The van der Waals surface area contributed by atoms with Gasteiger partial charge in [-0.2, -0.15) is 0 Å². The van der Waals surface area contributed by atoms with Crippen molar-refractivity contribution in [3.05, 3.63) is 68.9 Å². The average Bonchev–Trinajstić information content (AvgIpc) is 2.73. The maximum atomic E-state index is 15.0. The minimum atomic E-state index is -3.95. The first-order chi connectivity index (χ1) is 16.9. The summed E-state index contributed by atoms with van der Waals surface area (Å²) in [6.07, 6.45) is 0.566. The molecule has 5 nitrogen and oxygen atoms in total. The zero-order valence-corrected chi connectivity index (χ0v) is 26.6. The second kappa shape index (κ2) is 11.1. The number of rotatable bonds is 8. The highest BCUT2D eigenvalue weighted by atomic mass is 79.9. The molecule has 1 aliphatic heterocycles. The van der Waals surface area contributed by atoms with Gasteiger partial charge in [0.05, 0.1) is 0 Å². The van der Waals surface area contributed by atoms with E-state index in [0.717, 1.165) is 4.47 Å². The topological polar surface area (TPSA) is 65.0 Å². The number of benzene rings is 2. The van der Waals surface area contributed by atoms with Gasteiger partial charge in [0.2, 0.25) is 5.90 Å². The van der Waals surface area contributed by atoms with E-state index in [-0.39, 0.29) is 17.4 Å². The Balaban J connectivity index is 1.92. The minimum absolute atomic E-state index is 0.0283. The van der Waals surface area contributed by atoms with Crippen LogP contribution in [-0.2, 0) is 19.2 Å². The van der Waals surface area contributed by atoms with Gasteiger partial charge in [-0.15, -0.1) is 4.40 Å². The molecule has 0 saturated heterocycles. The molecule has 0 aliphatic carbocycles. The molecule has 0 fully saturated rings. The van der Waals surface area contributed by atoms with Crippen molar-refractivity contribution >= 4 is 51.8 Å². The normalized spacial score (nSPS) is 20.2. The summed E-state index contributed by atoms with van der Waals surface area (Å²) in [4.78, 5) is 0. The number of hydrogen-bond donors (Lipinski definition) is 0. The Morgan fingerprint density at radius 2 is 1.81 bits per heavy atom. The second-order valence-corrected chi connectivity index (χ2v) is 19.4. The summed E-state index contributed by atoms with van der Waals surface area (Å²) >= 11 is 9.59. The summed E-state index contributed by atoms with van der Waals surface area (Å²) in [5.74, 6) is -0.777. The predicted molar refractivity (Wildman–Crippen MR) is 155 cm³/mol. The summed E-state index contributed by atoms with van der Waals surface area (Å²) < 4.78 is 59.2. The van der Waals surface area contributed by atoms with Gasteiger partial charge in [-0.05, 0) is 85.8 Å². The molecule has 37 heavy (non-hydrogen) atoms. The summed E-state index contributed by atoms with van der Waals surface area (Å²) in [7, 11) is -5.98. The van der Waals surface area contributed by atoms with E-state index < -0.39 is 40.9 Å². The van der Waals surface area contributed by atoms with Gasteiger partial charge >= 0.3 is 0 Å². The fourth-order valence-electron chi connectivity index (χ4n) is 4.30. The van der Waals surface area contributed by atoms with Crippen LogP contribution in [0.15, 0.2) is 51.3 Å². The monoisotopic (exact) mass is 631 g/mol. The molecule has 2 atom stereocenters. The van der Waals surface area contributed by atoms with Crippen LogP contribution in [0.5, 0.6) is 0 Å². The van der Waals surface area contributed by atoms with Crippen LogP contribution < -0.4 is 0 Å². The van der Waals surface area contributed by atoms with Crippen LogP contribution in [0, 0.1) is 5.82 Å². The molecule has 1 heterocycles. The van der Waals surface area contributed by atoms with Crippen LogP contribution >= 0.6 is 27.5 Å². The molecule has 0 amide bonds. The summed E-state index contributed by atoms with van der Waals surface area (Å²) in [5, 5.41) is -0.540. The van der Waals surface area contributed by atoms with E-state index in [1.54, 1.807) is 44.2 Å². The van der Waals surface area contributed by atoms with Crippen molar-refractivity contribution in [3.63, 3.8) is 0 Å². The van der Waals surface area contributed by atoms with Crippen LogP contribution in [0.25, 0.3) is 0 Å². The number of nitrogens with zero attached hydrogens (tertiary/aromatic N) is 1. The first-order valence-corrected chi connectivity index (χ1v) is 17.9. The van der Waals surface area contributed by atoms with Crippen LogP contribution in [0.2, 0.25) is 23.2 Å². The lowest BCUT2D eigenvalue weighted by molar-refractivity contribution is 0.0797. The molecule has 0 radical (unpaired) electrons. The fourth-order valence-corrected chi connectivity index (χ4v) is 7.57. The maximum Gasteiger partial charge on any atom is 0.267 e. The first kappa shape index (κ1) is 30.3. The van der Waals surface area contributed by atoms with Crippen molar-refractivity contribution in [3.8, 4) is 0 Å². The van der Waals surface area contributed by atoms with Crippen molar-refractivity contribution in [1.29, 1.82) is 0 Å². The molecule has 204 valence electrons. The number of hydrogen-bond acceptors (Lipinski definition) is 4. The molecule has 1 aliphatic rings. The van der Waals surface area contributed by atoms with Crippen molar-refractivity contribution in [2.75, 3.05) is 6.61 Å². The molecular formula is C27H36BrClFNO4SSi. The highest BCUT2D eigenvalue weighted by Gasteiger charge is 2.47. The molecular weight excluding hydrogens is 597 g/mol. The van der Waals surface area contributed by atoms with E-state index in [2.05, 4.69) is 54.2 Å². The number of halogens is 3. The van der Waals surface area contributed by atoms with Crippen molar-refractivity contribution in [2.45, 2.75) is 82.4 Å². The van der Waals surface area contributed by atoms with Gasteiger partial charge in [0, 0.05) is 22.5 Å². The largest absolute Gasteiger partial charge is 0.472 e. The average molecular weight is 633 g/mol. The smallest absolute Gasteiger partial charge is 0.267 e. The van der Waals surface area contributed by atoms with Gasteiger partial charge < -0.3 is 9.16 Å². The second-order valence-electron chi connectivity index (χ2n) is 11.6. The minimum Gasteiger partial charge on any atom is -0.472 e. The fraction of sp³-hybridized carbons (Fsp3) is 0.519. The van der Waals surface area contributed by atoms with Gasteiger partial charge in [0.1, 0.15) is 16.7 Å².